The number of ether oxygens (including phenoxy) is 2. The van der Waals surface area contributed by atoms with E-state index in [1.807, 2.05) is 0 Å². The highest BCUT2D eigenvalue weighted by molar-refractivity contribution is 5.98. The minimum Gasteiger partial charge on any atom is -0.507 e. The van der Waals surface area contributed by atoms with E-state index in [1.54, 1.807) is 6.07 Å². The number of phenolic OH excluding ortho intramolecular Hbond substituents is 1. The maximum atomic E-state index is 12.4. The first-order valence-corrected chi connectivity index (χ1v) is 7.49. The van der Waals surface area contributed by atoms with Gasteiger partial charge in [0.05, 0.1) is 12.0 Å². The number of alkyl halides is 2. The number of phenols is 1. The van der Waals surface area contributed by atoms with Crippen molar-refractivity contribution in [2.24, 2.45) is 0 Å². The topological polar surface area (TPSA) is 72.8 Å². The van der Waals surface area contributed by atoms with Crippen LogP contribution >= 0.6 is 0 Å². The molecule has 25 heavy (non-hydrogen) atoms. The van der Waals surface area contributed by atoms with Crippen LogP contribution in [0.2, 0.25) is 0 Å². The number of fused-ring (bicyclic) bond motifs is 1. The molecule has 130 valence electrons. The largest absolute Gasteiger partial charge is 0.507 e. The molecule has 0 aromatic heterocycles. The quantitative estimate of drug-likeness (QED) is 0.519. The fraction of sp³-hybridized carbons (Fsp3) is 0.222. The molecule has 0 radical (unpaired) electrons. The van der Waals surface area contributed by atoms with Crippen molar-refractivity contribution in [1.29, 1.82) is 0 Å². The van der Waals surface area contributed by atoms with Gasteiger partial charge < -0.3 is 14.6 Å². The van der Waals surface area contributed by atoms with E-state index in [2.05, 4.69) is 4.74 Å². The number of hydrogen-bond acceptors (Lipinski definition) is 5. The van der Waals surface area contributed by atoms with E-state index in [0.29, 0.717) is 5.56 Å². The van der Waals surface area contributed by atoms with Crippen molar-refractivity contribution >= 4 is 11.8 Å². The molecule has 1 aliphatic heterocycles. The minimum atomic E-state index is -2.98. The summed E-state index contributed by atoms with van der Waals surface area (Å²) in [4.78, 5) is 23.5. The molecular formula is C18H14F2O5. The highest BCUT2D eigenvalue weighted by atomic mass is 19.3. The lowest BCUT2D eigenvalue weighted by Crippen LogP contribution is -2.21. The maximum Gasteiger partial charge on any atom is 0.387 e. The van der Waals surface area contributed by atoms with Gasteiger partial charge in [-0.2, -0.15) is 8.78 Å². The van der Waals surface area contributed by atoms with Gasteiger partial charge in [0.15, 0.2) is 5.78 Å². The Morgan fingerprint density at radius 1 is 1.32 bits per heavy atom. The van der Waals surface area contributed by atoms with Crippen LogP contribution in [-0.4, -0.2) is 23.5 Å². The number of ketones is 1. The summed E-state index contributed by atoms with van der Waals surface area (Å²) >= 11 is 0. The van der Waals surface area contributed by atoms with Crippen molar-refractivity contribution < 1.29 is 33.0 Å². The molecule has 0 saturated carbocycles. The van der Waals surface area contributed by atoms with Gasteiger partial charge in [-0.1, -0.05) is 12.1 Å². The average molecular weight is 348 g/mol. The lowest BCUT2D eigenvalue weighted by Gasteiger charge is -2.26. The van der Waals surface area contributed by atoms with E-state index < -0.39 is 18.5 Å². The zero-order valence-electron chi connectivity index (χ0n) is 13.2. The standard InChI is InChI=1S/C18H14F2O5/c1-9(21)12-5-6-14-16(17(12)23)13(8-15(22)25-14)10-3-2-4-11(7-10)24-18(19)20/h2-7,13,18,23H,8H2,1H3/t13-/m0/s1. The van der Waals surface area contributed by atoms with Crippen molar-refractivity contribution in [3.63, 3.8) is 0 Å². The maximum absolute atomic E-state index is 12.4. The molecule has 1 aliphatic rings. The number of halogens is 2. The number of aromatic hydroxyl groups is 1. The van der Waals surface area contributed by atoms with Crippen LogP contribution in [-0.2, 0) is 4.79 Å². The molecule has 0 unspecified atom stereocenters. The lowest BCUT2D eigenvalue weighted by molar-refractivity contribution is -0.135. The van der Waals surface area contributed by atoms with Crippen LogP contribution in [0.25, 0.3) is 0 Å². The Kier molecular flexibility index (Phi) is 4.39. The fourth-order valence-corrected chi connectivity index (χ4v) is 2.92. The van der Waals surface area contributed by atoms with Crippen LogP contribution in [0.5, 0.6) is 17.2 Å². The Balaban J connectivity index is 2.11. The molecule has 0 spiro atoms. The van der Waals surface area contributed by atoms with Gasteiger partial charge in [0.1, 0.15) is 17.2 Å². The van der Waals surface area contributed by atoms with Crippen molar-refractivity contribution in [2.45, 2.75) is 25.9 Å². The predicted molar refractivity (Wildman–Crippen MR) is 83.3 cm³/mol. The van der Waals surface area contributed by atoms with Gasteiger partial charge in [0, 0.05) is 11.5 Å². The van der Waals surface area contributed by atoms with Crippen molar-refractivity contribution in [3.05, 3.63) is 53.1 Å². The van der Waals surface area contributed by atoms with Crippen molar-refractivity contribution in [1.82, 2.24) is 0 Å². The molecule has 0 aliphatic carbocycles. The zero-order valence-corrected chi connectivity index (χ0v) is 13.2. The van der Waals surface area contributed by atoms with Gasteiger partial charge in [-0.25, -0.2) is 0 Å². The molecule has 0 bridgehead atoms. The Labute approximate surface area is 141 Å². The van der Waals surface area contributed by atoms with Gasteiger partial charge in [-0.15, -0.1) is 0 Å². The summed E-state index contributed by atoms with van der Waals surface area (Å²) in [7, 11) is 0. The molecule has 1 atom stereocenters. The number of rotatable bonds is 4. The van der Waals surface area contributed by atoms with Crippen LogP contribution in [0.15, 0.2) is 36.4 Å². The number of benzene rings is 2. The second-order valence-corrected chi connectivity index (χ2v) is 5.61. The zero-order chi connectivity index (χ0) is 18.1. The van der Waals surface area contributed by atoms with Crippen LogP contribution < -0.4 is 9.47 Å². The second-order valence-electron chi connectivity index (χ2n) is 5.61. The summed E-state index contributed by atoms with van der Waals surface area (Å²) in [6, 6.07) is 8.70. The van der Waals surface area contributed by atoms with Crippen LogP contribution in [0, 0.1) is 0 Å². The Morgan fingerprint density at radius 3 is 2.76 bits per heavy atom. The lowest BCUT2D eigenvalue weighted by atomic mass is 9.84. The minimum absolute atomic E-state index is 0.0600. The summed E-state index contributed by atoms with van der Waals surface area (Å²) in [5.41, 5.74) is 0.871. The van der Waals surface area contributed by atoms with Crippen LogP contribution in [0.3, 0.4) is 0 Å². The summed E-state index contributed by atoms with van der Waals surface area (Å²) in [6.45, 7) is -1.67. The van der Waals surface area contributed by atoms with E-state index in [9.17, 15) is 23.5 Å². The third-order valence-corrected chi connectivity index (χ3v) is 3.99. The van der Waals surface area contributed by atoms with Gasteiger partial charge in [-0.3, -0.25) is 9.59 Å². The molecular weight excluding hydrogens is 334 g/mol. The van der Waals surface area contributed by atoms with E-state index in [-0.39, 0.29) is 40.6 Å². The number of carbonyl (C=O) groups is 2. The average Bonchev–Trinajstić information content (AvgIpc) is 2.53. The molecule has 5 nitrogen and oxygen atoms in total. The highest BCUT2D eigenvalue weighted by Crippen LogP contribution is 2.45. The van der Waals surface area contributed by atoms with Crippen LogP contribution in [0.4, 0.5) is 8.78 Å². The molecule has 1 N–H and O–H groups in total. The molecule has 2 aromatic rings. The number of carbonyl (C=O) groups excluding carboxylic acids is 2. The first-order chi connectivity index (χ1) is 11.9. The first kappa shape index (κ1) is 16.9. The molecule has 7 heteroatoms. The highest BCUT2D eigenvalue weighted by Gasteiger charge is 2.33. The van der Waals surface area contributed by atoms with Crippen molar-refractivity contribution in [3.8, 4) is 17.2 Å². The molecule has 2 aromatic carbocycles. The predicted octanol–water partition coefficient (Wildman–Crippen LogP) is 3.64. The monoisotopic (exact) mass is 348 g/mol. The van der Waals surface area contributed by atoms with Gasteiger partial charge in [-0.05, 0) is 36.8 Å². The number of Topliss-reactive ketones (excluding diaryl/α,β-unsaturated/α-hetero) is 1. The third-order valence-electron chi connectivity index (χ3n) is 3.99. The molecule has 0 fully saturated rings. The van der Waals surface area contributed by atoms with Gasteiger partial charge in [0.25, 0.3) is 0 Å². The molecule has 0 amide bonds. The molecule has 0 saturated heterocycles. The van der Waals surface area contributed by atoms with E-state index >= 15 is 0 Å². The van der Waals surface area contributed by atoms with Gasteiger partial charge >= 0.3 is 12.6 Å². The SMILES string of the molecule is CC(=O)c1ccc2c(c1O)[C@H](c1cccc(OC(F)F)c1)CC(=O)O2. The Hall–Kier alpha value is -2.96. The fourth-order valence-electron chi connectivity index (χ4n) is 2.92. The second kappa shape index (κ2) is 6.51. The summed E-state index contributed by atoms with van der Waals surface area (Å²) in [5, 5.41) is 10.5. The Morgan fingerprint density at radius 2 is 2.08 bits per heavy atom. The van der Waals surface area contributed by atoms with E-state index in [0.717, 1.165) is 0 Å². The third kappa shape index (κ3) is 3.31. The van der Waals surface area contributed by atoms with Crippen molar-refractivity contribution in [2.75, 3.05) is 0 Å². The molecule has 1 heterocycles. The number of hydrogen-bond donors (Lipinski definition) is 1. The normalized spacial score (nSPS) is 16.3. The van der Waals surface area contributed by atoms with Gasteiger partial charge in [0.2, 0.25) is 0 Å². The number of esters is 1. The van der Waals surface area contributed by atoms with Crippen LogP contribution in [0.1, 0.15) is 40.7 Å². The molecule has 3 rings (SSSR count). The summed E-state index contributed by atoms with van der Waals surface area (Å²) in [6.07, 6.45) is -0.0972. The first-order valence-electron chi connectivity index (χ1n) is 7.49. The summed E-state index contributed by atoms with van der Waals surface area (Å²) < 4.78 is 34.4. The smallest absolute Gasteiger partial charge is 0.387 e. The van der Waals surface area contributed by atoms with E-state index in [1.165, 1.54) is 37.3 Å². The Bertz CT molecular complexity index is 847. The van der Waals surface area contributed by atoms with E-state index in [4.69, 9.17) is 4.74 Å². The summed E-state index contributed by atoms with van der Waals surface area (Å²) in [5.74, 6) is -1.70.